The molecule has 0 N–H and O–H groups in total. The molecule has 0 spiro atoms. The van der Waals surface area contributed by atoms with Crippen LogP contribution in [0.25, 0.3) is 0 Å². The van der Waals surface area contributed by atoms with Gasteiger partial charge in [-0.3, -0.25) is 4.90 Å². The molecule has 11 heavy (non-hydrogen) atoms. The van der Waals surface area contributed by atoms with Crippen LogP contribution in [-0.4, -0.2) is 30.8 Å². The maximum Gasteiger partial charge on any atom is 0.119 e. The van der Waals surface area contributed by atoms with Crippen molar-refractivity contribution >= 4 is 0 Å². The van der Waals surface area contributed by atoms with Crippen LogP contribution in [0.1, 0.15) is 27.2 Å². The molecule has 2 heteroatoms. The van der Waals surface area contributed by atoms with E-state index in [9.17, 15) is 0 Å². The van der Waals surface area contributed by atoms with Crippen molar-refractivity contribution in [2.24, 2.45) is 5.92 Å². The number of nitrogens with zero attached hydrogens (tertiary/aromatic N) is 1. The fraction of sp³-hybridized carbons (Fsp3) is 1.00. The average Bonchev–Trinajstić information content (AvgIpc) is 2.11. The lowest BCUT2D eigenvalue weighted by atomic mass is 10.0. The van der Waals surface area contributed by atoms with E-state index in [1.807, 2.05) is 0 Å². The zero-order chi connectivity index (χ0) is 8.48. The van der Waals surface area contributed by atoms with Crippen LogP contribution in [0.5, 0.6) is 0 Å². The van der Waals surface area contributed by atoms with Crippen LogP contribution in [0.15, 0.2) is 0 Å². The fourth-order valence-electron chi connectivity index (χ4n) is 1.72. The van der Waals surface area contributed by atoms with Crippen LogP contribution in [0.2, 0.25) is 0 Å². The molecule has 66 valence electrons. The van der Waals surface area contributed by atoms with Crippen LogP contribution in [0.4, 0.5) is 0 Å². The molecule has 1 heterocycles. The van der Waals surface area contributed by atoms with Gasteiger partial charge in [0.1, 0.15) is 5.72 Å². The first-order valence-corrected chi connectivity index (χ1v) is 4.40. The first kappa shape index (κ1) is 9.01. The third-order valence-corrected chi connectivity index (χ3v) is 2.43. The van der Waals surface area contributed by atoms with Crippen LogP contribution in [0.3, 0.4) is 0 Å². The number of likely N-dealkylation sites (N-methyl/N-ethyl adjacent to an activating group) is 1. The largest absolute Gasteiger partial charge is 0.359 e. The second-order valence-electron chi connectivity index (χ2n) is 4.04. The lowest BCUT2D eigenvalue weighted by Crippen LogP contribution is -2.40. The summed E-state index contributed by atoms with van der Waals surface area (Å²) in [4.78, 5) is 2.30. The van der Waals surface area contributed by atoms with Crippen LogP contribution in [-0.2, 0) is 4.74 Å². The van der Waals surface area contributed by atoms with E-state index >= 15 is 0 Å². The summed E-state index contributed by atoms with van der Waals surface area (Å²) in [5.41, 5.74) is 0.00810. The molecule has 1 fully saturated rings. The van der Waals surface area contributed by atoms with Gasteiger partial charge in [-0.25, -0.2) is 0 Å². The number of ether oxygens (including phenoxy) is 1. The van der Waals surface area contributed by atoms with Crippen LogP contribution >= 0.6 is 0 Å². The lowest BCUT2D eigenvalue weighted by Gasteiger charge is -2.32. The quantitative estimate of drug-likeness (QED) is 0.605. The van der Waals surface area contributed by atoms with Crippen molar-refractivity contribution in [3.8, 4) is 0 Å². The first-order valence-electron chi connectivity index (χ1n) is 4.40. The molecule has 1 aliphatic rings. The summed E-state index contributed by atoms with van der Waals surface area (Å²) in [5.74, 6) is 0.709. The highest BCUT2D eigenvalue weighted by molar-refractivity contribution is 4.80. The molecule has 0 aliphatic carbocycles. The van der Waals surface area contributed by atoms with Gasteiger partial charge >= 0.3 is 0 Å². The molecule has 0 bridgehead atoms. The van der Waals surface area contributed by atoms with Crippen molar-refractivity contribution in [3.05, 3.63) is 0 Å². The molecule has 1 unspecified atom stereocenters. The van der Waals surface area contributed by atoms with E-state index in [-0.39, 0.29) is 5.72 Å². The molecule has 0 aromatic carbocycles. The zero-order valence-corrected chi connectivity index (χ0v) is 8.05. The molecule has 0 aromatic rings. The summed E-state index contributed by atoms with van der Waals surface area (Å²) >= 11 is 0. The summed E-state index contributed by atoms with van der Waals surface area (Å²) in [6.07, 6.45) is 1.13. The van der Waals surface area contributed by atoms with Gasteiger partial charge in [-0.2, -0.15) is 0 Å². The molecular formula is C9H19NO. The summed E-state index contributed by atoms with van der Waals surface area (Å²) in [6, 6.07) is 0. The van der Waals surface area contributed by atoms with Crippen LogP contribution < -0.4 is 0 Å². The summed E-state index contributed by atoms with van der Waals surface area (Å²) < 4.78 is 5.69. The fourth-order valence-corrected chi connectivity index (χ4v) is 1.72. The van der Waals surface area contributed by atoms with E-state index in [1.165, 1.54) is 0 Å². The Morgan fingerprint density at radius 1 is 1.55 bits per heavy atom. The Balaban J connectivity index is 2.51. The topological polar surface area (TPSA) is 12.5 Å². The second kappa shape index (κ2) is 3.11. The molecule has 1 aliphatic heterocycles. The van der Waals surface area contributed by atoms with Gasteiger partial charge in [0, 0.05) is 6.54 Å². The molecule has 0 amide bonds. The summed E-state index contributed by atoms with van der Waals surface area (Å²) in [5, 5.41) is 0. The van der Waals surface area contributed by atoms with Gasteiger partial charge < -0.3 is 4.74 Å². The minimum atomic E-state index is 0.00810. The van der Waals surface area contributed by atoms with Crippen molar-refractivity contribution in [2.45, 2.75) is 32.9 Å². The Labute approximate surface area is 69.5 Å². The maximum atomic E-state index is 5.69. The monoisotopic (exact) mass is 157 g/mol. The van der Waals surface area contributed by atoms with E-state index in [1.54, 1.807) is 0 Å². The van der Waals surface area contributed by atoms with E-state index in [2.05, 4.69) is 32.7 Å². The van der Waals surface area contributed by atoms with E-state index in [4.69, 9.17) is 4.74 Å². The standard InChI is InChI=1S/C9H19NO/c1-8(2)7-9(3)10(4)5-6-11-9/h8H,5-7H2,1-4H3. The van der Waals surface area contributed by atoms with Crippen molar-refractivity contribution < 1.29 is 4.74 Å². The molecule has 2 nitrogen and oxygen atoms in total. The van der Waals surface area contributed by atoms with E-state index < -0.39 is 0 Å². The van der Waals surface area contributed by atoms with Crippen molar-refractivity contribution in [2.75, 3.05) is 20.2 Å². The molecule has 0 radical (unpaired) electrons. The maximum absolute atomic E-state index is 5.69. The highest BCUT2D eigenvalue weighted by Gasteiger charge is 2.35. The van der Waals surface area contributed by atoms with Gasteiger partial charge in [-0.1, -0.05) is 13.8 Å². The Morgan fingerprint density at radius 3 is 2.55 bits per heavy atom. The molecular weight excluding hydrogens is 138 g/mol. The van der Waals surface area contributed by atoms with Gasteiger partial charge in [-0.15, -0.1) is 0 Å². The third-order valence-electron chi connectivity index (χ3n) is 2.43. The Kier molecular flexibility index (Phi) is 2.55. The predicted octanol–water partition coefficient (Wildman–Crippen LogP) is 1.71. The molecule has 1 rings (SSSR count). The molecule has 1 saturated heterocycles. The molecule has 0 saturated carbocycles. The first-order chi connectivity index (χ1) is 5.04. The van der Waals surface area contributed by atoms with E-state index in [0.717, 1.165) is 19.6 Å². The van der Waals surface area contributed by atoms with Crippen LogP contribution in [0, 0.1) is 5.92 Å². The number of hydrogen-bond acceptors (Lipinski definition) is 2. The van der Waals surface area contributed by atoms with Crippen molar-refractivity contribution in [1.82, 2.24) is 4.90 Å². The van der Waals surface area contributed by atoms with Gasteiger partial charge in [-0.05, 0) is 26.3 Å². The van der Waals surface area contributed by atoms with Gasteiger partial charge in [0.05, 0.1) is 6.61 Å². The van der Waals surface area contributed by atoms with Gasteiger partial charge in [0.25, 0.3) is 0 Å². The smallest absolute Gasteiger partial charge is 0.119 e. The third kappa shape index (κ3) is 1.94. The summed E-state index contributed by atoms with van der Waals surface area (Å²) in [7, 11) is 2.13. The summed E-state index contributed by atoms with van der Waals surface area (Å²) in [6.45, 7) is 8.62. The lowest BCUT2D eigenvalue weighted by molar-refractivity contribution is -0.0702. The van der Waals surface area contributed by atoms with Crippen molar-refractivity contribution in [1.29, 1.82) is 0 Å². The number of rotatable bonds is 2. The predicted molar refractivity (Wildman–Crippen MR) is 46.4 cm³/mol. The molecule has 1 atom stereocenters. The normalized spacial score (nSPS) is 33.5. The second-order valence-corrected chi connectivity index (χ2v) is 4.04. The zero-order valence-electron chi connectivity index (χ0n) is 8.05. The van der Waals surface area contributed by atoms with Gasteiger partial charge in [0.2, 0.25) is 0 Å². The highest BCUT2D eigenvalue weighted by Crippen LogP contribution is 2.27. The highest BCUT2D eigenvalue weighted by atomic mass is 16.5. The minimum Gasteiger partial charge on any atom is -0.359 e. The van der Waals surface area contributed by atoms with E-state index in [0.29, 0.717) is 5.92 Å². The van der Waals surface area contributed by atoms with Crippen molar-refractivity contribution in [3.63, 3.8) is 0 Å². The Morgan fingerprint density at radius 2 is 2.18 bits per heavy atom. The number of hydrogen-bond donors (Lipinski definition) is 0. The van der Waals surface area contributed by atoms with Gasteiger partial charge in [0.15, 0.2) is 0 Å². The Hall–Kier alpha value is -0.0800. The molecule has 0 aromatic heterocycles. The minimum absolute atomic E-state index is 0.00810. The Bertz CT molecular complexity index is 136. The average molecular weight is 157 g/mol. The SMILES string of the molecule is CC(C)CC1(C)OCCN1C.